The van der Waals surface area contributed by atoms with Crippen molar-refractivity contribution in [3.63, 3.8) is 0 Å². The van der Waals surface area contributed by atoms with Gasteiger partial charge in [0.2, 0.25) is 0 Å². The maximum Gasteiger partial charge on any atom is 0.344 e. The van der Waals surface area contributed by atoms with Crippen molar-refractivity contribution in [1.82, 2.24) is 0 Å². The molecule has 1 aromatic carbocycles. The molecule has 0 amide bonds. The zero-order chi connectivity index (χ0) is 12.1. The highest BCUT2D eigenvalue weighted by Gasteiger charge is 2.12. The number of hydrogen-bond donors (Lipinski definition) is 2. The minimum absolute atomic E-state index is 0.0194. The Morgan fingerprint density at radius 2 is 2.00 bits per heavy atom. The van der Waals surface area contributed by atoms with Crippen LogP contribution in [0, 0.1) is 0 Å². The second-order valence-corrected chi connectivity index (χ2v) is 3.68. The molecule has 0 aliphatic carbocycles. The Kier molecular flexibility index (Phi) is 4.31. The molecule has 0 fully saturated rings. The molecule has 0 saturated carbocycles. The number of hydrogen-bond acceptors (Lipinski definition) is 3. The van der Waals surface area contributed by atoms with E-state index in [4.69, 9.17) is 15.6 Å². The molecule has 4 nitrogen and oxygen atoms in total. The molecule has 88 valence electrons. The number of carboxylic acid groups (broad SMARTS) is 1. The van der Waals surface area contributed by atoms with E-state index in [0.29, 0.717) is 5.75 Å². The van der Waals surface area contributed by atoms with E-state index < -0.39 is 12.1 Å². The first-order valence-electron chi connectivity index (χ1n) is 5.29. The number of benzene rings is 1. The molecule has 4 heteroatoms. The minimum atomic E-state index is -0.977. The van der Waals surface area contributed by atoms with Gasteiger partial charge in [-0.3, -0.25) is 0 Å². The summed E-state index contributed by atoms with van der Waals surface area (Å²) in [5, 5.41) is 8.68. The maximum absolute atomic E-state index is 10.6. The van der Waals surface area contributed by atoms with Gasteiger partial charge in [-0.15, -0.1) is 0 Å². The molecule has 0 aliphatic heterocycles. The van der Waals surface area contributed by atoms with Crippen LogP contribution < -0.4 is 10.5 Å². The van der Waals surface area contributed by atoms with Crippen molar-refractivity contribution in [2.75, 3.05) is 0 Å². The van der Waals surface area contributed by atoms with Crippen LogP contribution in [0.4, 0.5) is 0 Å². The Morgan fingerprint density at radius 3 is 2.44 bits per heavy atom. The van der Waals surface area contributed by atoms with Crippen molar-refractivity contribution in [3.8, 4) is 5.75 Å². The smallest absolute Gasteiger partial charge is 0.344 e. The first-order valence-corrected chi connectivity index (χ1v) is 5.29. The summed E-state index contributed by atoms with van der Waals surface area (Å²) in [7, 11) is 0. The number of nitrogens with two attached hydrogens (primary N) is 1. The zero-order valence-electron chi connectivity index (χ0n) is 9.51. The molecule has 0 saturated heterocycles. The second-order valence-electron chi connectivity index (χ2n) is 3.68. The number of carboxylic acids is 1. The SMILES string of the molecule is CC[C@H](N)c1ccc(OC(C)C(=O)O)cc1. The lowest BCUT2D eigenvalue weighted by atomic mass is 10.1. The van der Waals surface area contributed by atoms with Crippen LogP contribution in [0.25, 0.3) is 0 Å². The van der Waals surface area contributed by atoms with Gasteiger partial charge < -0.3 is 15.6 Å². The molecule has 0 aromatic heterocycles. The van der Waals surface area contributed by atoms with E-state index >= 15 is 0 Å². The summed E-state index contributed by atoms with van der Waals surface area (Å²) in [6.07, 6.45) is 0.0249. The van der Waals surface area contributed by atoms with Crippen molar-refractivity contribution < 1.29 is 14.6 Å². The molecular formula is C12H17NO3. The topological polar surface area (TPSA) is 72.5 Å². The minimum Gasteiger partial charge on any atom is -0.479 e. The Morgan fingerprint density at radius 1 is 1.44 bits per heavy atom. The first kappa shape index (κ1) is 12.5. The number of ether oxygens (including phenoxy) is 1. The summed E-state index contributed by atoms with van der Waals surface area (Å²) in [5.41, 5.74) is 6.88. The van der Waals surface area contributed by atoms with Gasteiger partial charge in [-0.05, 0) is 31.0 Å². The van der Waals surface area contributed by atoms with Crippen LogP contribution >= 0.6 is 0 Å². The zero-order valence-corrected chi connectivity index (χ0v) is 9.51. The van der Waals surface area contributed by atoms with Crippen molar-refractivity contribution in [2.24, 2.45) is 5.73 Å². The van der Waals surface area contributed by atoms with E-state index in [0.717, 1.165) is 12.0 Å². The van der Waals surface area contributed by atoms with Crippen molar-refractivity contribution >= 4 is 5.97 Å². The van der Waals surface area contributed by atoms with Crippen LogP contribution in [0.3, 0.4) is 0 Å². The van der Waals surface area contributed by atoms with Crippen LogP contribution in [0.2, 0.25) is 0 Å². The van der Waals surface area contributed by atoms with E-state index in [1.54, 1.807) is 12.1 Å². The fourth-order valence-electron chi connectivity index (χ4n) is 1.28. The fraction of sp³-hybridized carbons (Fsp3) is 0.417. The largest absolute Gasteiger partial charge is 0.479 e. The van der Waals surface area contributed by atoms with Crippen LogP contribution in [0.5, 0.6) is 5.75 Å². The molecule has 0 heterocycles. The third-order valence-electron chi connectivity index (χ3n) is 2.41. The molecule has 0 spiro atoms. The highest BCUT2D eigenvalue weighted by molar-refractivity contribution is 5.72. The molecule has 1 rings (SSSR count). The lowest BCUT2D eigenvalue weighted by Gasteiger charge is -2.12. The Balaban J connectivity index is 2.68. The number of aliphatic carboxylic acids is 1. The summed E-state index contributed by atoms with van der Waals surface area (Å²) in [6.45, 7) is 3.51. The number of carbonyl (C=O) groups is 1. The molecule has 0 aliphatic rings. The fourth-order valence-corrected chi connectivity index (χ4v) is 1.28. The summed E-state index contributed by atoms with van der Waals surface area (Å²) in [5.74, 6) is -0.434. The second kappa shape index (κ2) is 5.51. The Hall–Kier alpha value is -1.55. The molecule has 0 bridgehead atoms. The molecular weight excluding hydrogens is 206 g/mol. The summed E-state index contributed by atoms with van der Waals surface area (Å²) in [4.78, 5) is 10.6. The molecule has 1 aromatic rings. The summed E-state index contributed by atoms with van der Waals surface area (Å²) >= 11 is 0. The van der Waals surface area contributed by atoms with Gasteiger partial charge in [-0.25, -0.2) is 4.79 Å². The van der Waals surface area contributed by atoms with E-state index in [2.05, 4.69) is 0 Å². The quantitative estimate of drug-likeness (QED) is 0.800. The third kappa shape index (κ3) is 3.24. The molecule has 0 radical (unpaired) electrons. The van der Waals surface area contributed by atoms with Crippen LogP contribution in [0.15, 0.2) is 24.3 Å². The normalized spacial score (nSPS) is 14.2. The molecule has 16 heavy (non-hydrogen) atoms. The highest BCUT2D eigenvalue weighted by atomic mass is 16.5. The first-order chi connectivity index (χ1) is 7.54. The van der Waals surface area contributed by atoms with Crippen LogP contribution in [0.1, 0.15) is 31.9 Å². The van der Waals surface area contributed by atoms with Gasteiger partial charge in [0.05, 0.1) is 0 Å². The average molecular weight is 223 g/mol. The highest BCUT2D eigenvalue weighted by Crippen LogP contribution is 2.19. The standard InChI is InChI=1S/C12H17NO3/c1-3-11(13)9-4-6-10(7-5-9)16-8(2)12(14)15/h4-8,11H,3,13H2,1-2H3,(H,14,15)/t8?,11-/m0/s1. The third-order valence-corrected chi connectivity index (χ3v) is 2.41. The molecule has 2 atom stereocenters. The average Bonchev–Trinajstić information content (AvgIpc) is 2.28. The van der Waals surface area contributed by atoms with E-state index in [-0.39, 0.29) is 6.04 Å². The van der Waals surface area contributed by atoms with E-state index in [1.165, 1.54) is 6.92 Å². The van der Waals surface area contributed by atoms with Gasteiger partial charge in [0.15, 0.2) is 6.10 Å². The van der Waals surface area contributed by atoms with Crippen molar-refractivity contribution in [3.05, 3.63) is 29.8 Å². The van der Waals surface area contributed by atoms with Gasteiger partial charge in [0, 0.05) is 6.04 Å². The summed E-state index contributed by atoms with van der Waals surface area (Å²) in [6, 6.07) is 7.22. The van der Waals surface area contributed by atoms with Crippen molar-refractivity contribution in [1.29, 1.82) is 0 Å². The molecule has 3 N–H and O–H groups in total. The van der Waals surface area contributed by atoms with E-state index in [9.17, 15) is 4.79 Å². The lowest BCUT2D eigenvalue weighted by molar-refractivity contribution is -0.144. The van der Waals surface area contributed by atoms with Crippen LogP contribution in [-0.2, 0) is 4.79 Å². The van der Waals surface area contributed by atoms with Gasteiger partial charge in [-0.1, -0.05) is 19.1 Å². The van der Waals surface area contributed by atoms with Gasteiger partial charge in [-0.2, -0.15) is 0 Å². The predicted octanol–water partition coefficient (Wildman–Crippen LogP) is 1.95. The lowest BCUT2D eigenvalue weighted by Crippen LogP contribution is -2.22. The van der Waals surface area contributed by atoms with Crippen molar-refractivity contribution in [2.45, 2.75) is 32.4 Å². The van der Waals surface area contributed by atoms with Gasteiger partial charge in [0.1, 0.15) is 5.75 Å². The number of rotatable bonds is 5. The van der Waals surface area contributed by atoms with E-state index in [1.807, 2.05) is 19.1 Å². The van der Waals surface area contributed by atoms with Gasteiger partial charge in [0.25, 0.3) is 0 Å². The summed E-state index contributed by atoms with van der Waals surface area (Å²) < 4.78 is 5.20. The van der Waals surface area contributed by atoms with Crippen LogP contribution in [-0.4, -0.2) is 17.2 Å². The Labute approximate surface area is 95.0 Å². The van der Waals surface area contributed by atoms with Gasteiger partial charge >= 0.3 is 5.97 Å². The monoisotopic (exact) mass is 223 g/mol. The predicted molar refractivity (Wildman–Crippen MR) is 61.4 cm³/mol. The maximum atomic E-state index is 10.6. The Bertz CT molecular complexity index is 348. The molecule has 1 unspecified atom stereocenters.